The lowest BCUT2D eigenvalue weighted by molar-refractivity contribution is -0.136. The van der Waals surface area contributed by atoms with Crippen LogP contribution in [-0.2, 0) is 16.1 Å². The van der Waals surface area contributed by atoms with E-state index in [1.54, 1.807) is 31.2 Å². The van der Waals surface area contributed by atoms with E-state index in [9.17, 15) is 9.59 Å². The van der Waals surface area contributed by atoms with Crippen molar-refractivity contribution in [2.45, 2.75) is 19.6 Å². The number of hydrogen-bond acceptors (Lipinski definition) is 7. The molecule has 0 spiro atoms. The Balaban J connectivity index is 1.40. The maximum atomic E-state index is 14.0. The highest BCUT2D eigenvalue weighted by atomic mass is 35.5. The lowest BCUT2D eigenvalue weighted by Gasteiger charge is -2.25. The van der Waals surface area contributed by atoms with E-state index in [-0.39, 0.29) is 11.1 Å². The normalized spacial score (nSPS) is 14.8. The molecule has 0 aliphatic carbocycles. The number of halogens is 1. The van der Waals surface area contributed by atoms with E-state index in [4.69, 9.17) is 25.8 Å². The third-order valence-electron chi connectivity index (χ3n) is 7.34. The van der Waals surface area contributed by atoms with Crippen molar-refractivity contribution in [2.75, 3.05) is 14.2 Å². The van der Waals surface area contributed by atoms with Crippen molar-refractivity contribution in [3.63, 3.8) is 0 Å². The Morgan fingerprint density at radius 1 is 1.02 bits per heavy atom. The number of benzene rings is 4. The van der Waals surface area contributed by atoms with E-state index in [0.29, 0.717) is 43.7 Å². The van der Waals surface area contributed by atoms with Gasteiger partial charge in [-0.05, 0) is 65.2 Å². The fraction of sp³-hybridized carbons (Fsp3) is 0.147. The van der Waals surface area contributed by atoms with Gasteiger partial charge in [0.1, 0.15) is 24.1 Å². The molecule has 0 amide bonds. The number of ether oxygens (including phenoxy) is 3. The Morgan fingerprint density at radius 3 is 2.63 bits per heavy atom. The number of esters is 1. The number of methoxy groups -OCH3 is 2. The van der Waals surface area contributed by atoms with Crippen LogP contribution in [0.1, 0.15) is 29.7 Å². The average molecular weight is 611 g/mol. The molecule has 0 saturated carbocycles. The molecule has 0 radical (unpaired) electrons. The summed E-state index contributed by atoms with van der Waals surface area (Å²) in [6, 6.07) is 26.2. The van der Waals surface area contributed by atoms with E-state index in [0.717, 1.165) is 21.9 Å². The topological polar surface area (TPSA) is 79.1 Å². The molecule has 6 rings (SSSR count). The first-order valence-electron chi connectivity index (χ1n) is 13.5. The molecule has 1 atom stereocenters. The number of hydrogen-bond donors (Lipinski definition) is 0. The van der Waals surface area contributed by atoms with Crippen molar-refractivity contribution in [1.29, 1.82) is 0 Å². The number of aromatic nitrogens is 1. The van der Waals surface area contributed by atoms with Crippen LogP contribution in [0.2, 0.25) is 5.02 Å². The predicted molar refractivity (Wildman–Crippen MR) is 169 cm³/mol. The van der Waals surface area contributed by atoms with Gasteiger partial charge in [0.05, 0.1) is 30.0 Å². The van der Waals surface area contributed by atoms with Crippen LogP contribution in [0.15, 0.2) is 106 Å². The summed E-state index contributed by atoms with van der Waals surface area (Å²) in [6.07, 6.45) is 1.80. The second kappa shape index (κ2) is 11.9. The molecule has 1 aliphatic rings. The highest BCUT2D eigenvalue weighted by Crippen LogP contribution is 2.37. The standard InChI is InChI=1S/C34H27ClN2O5S/c1-20-30(33(39)41-3)31(27-18-24(35)14-15-28(27)40-2)37-32(38)29(43-34(37)36-20)17-21-8-6-12-25(16-21)42-19-23-11-7-10-22-9-4-5-13-26(22)23/h4-18,31H,19H2,1-3H3/b29-17-/t31-/m1/s1. The molecule has 7 nitrogen and oxygen atoms in total. The molecule has 4 aromatic carbocycles. The quantitative estimate of drug-likeness (QED) is 0.218. The van der Waals surface area contributed by atoms with Crippen LogP contribution in [0.3, 0.4) is 0 Å². The number of allylic oxidation sites excluding steroid dienone is 1. The molecule has 1 aliphatic heterocycles. The molecular formula is C34H27ClN2O5S. The van der Waals surface area contributed by atoms with Crippen LogP contribution in [0.4, 0.5) is 0 Å². The molecule has 5 aromatic rings. The molecule has 1 aromatic heterocycles. The van der Waals surface area contributed by atoms with Crippen LogP contribution in [0, 0.1) is 0 Å². The number of rotatable bonds is 7. The Kier molecular flexibility index (Phi) is 7.88. The minimum atomic E-state index is -0.838. The molecule has 43 heavy (non-hydrogen) atoms. The number of nitrogens with zero attached hydrogens (tertiary/aromatic N) is 2. The molecule has 0 N–H and O–H groups in total. The minimum Gasteiger partial charge on any atom is -0.496 e. The van der Waals surface area contributed by atoms with Crippen LogP contribution in [0.25, 0.3) is 16.8 Å². The monoisotopic (exact) mass is 610 g/mol. The van der Waals surface area contributed by atoms with Crippen molar-refractivity contribution < 1.29 is 19.0 Å². The van der Waals surface area contributed by atoms with Crippen LogP contribution in [-0.4, -0.2) is 24.8 Å². The van der Waals surface area contributed by atoms with Crippen LogP contribution < -0.4 is 24.4 Å². The fourth-order valence-corrected chi connectivity index (χ4v) is 6.56. The highest BCUT2D eigenvalue weighted by Gasteiger charge is 2.35. The summed E-state index contributed by atoms with van der Waals surface area (Å²) in [5.74, 6) is 0.578. The zero-order valence-corrected chi connectivity index (χ0v) is 25.2. The van der Waals surface area contributed by atoms with Crippen molar-refractivity contribution in [3.8, 4) is 11.5 Å². The first kappa shape index (κ1) is 28.5. The van der Waals surface area contributed by atoms with E-state index in [1.807, 2.05) is 42.5 Å². The maximum absolute atomic E-state index is 14.0. The molecular weight excluding hydrogens is 584 g/mol. The zero-order valence-electron chi connectivity index (χ0n) is 23.7. The molecule has 0 fully saturated rings. The van der Waals surface area contributed by atoms with Crippen LogP contribution >= 0.6 is 22.9 Å². The van der Waals surface area contributed by atoms with Gasteiger partial charge in [-0.15, -0.1) is 0 Å². The van der Waals surface area contributed by atoms with E-state index in [1.165, 1.54) is 30.1 Å². The van der Waals surface area contributed by atoms with Gasteiger partial charge in [-0.2, -0.15) is 0 Å². The third-order valence-corrected chi connectivity index (χ3v) is 8.56. The molecule has 0 unspecified atom stereocenters. The van der Waals surface area contributed by atoms with Crippen molar-refractivity contribution in [2.24, 2.45) is 4.99 Å². The van der Waals surface area contributed by atoms with Gasteiger partial charge < -0.3 is 14.2 Å². The summed E-state index contributed by atoms with van der Waals surface area (Å²) in [7, 11) is 2.83. The minimum absolute atomic E-state index is 0.242. The molecule has 216 valence electrons. The van der Waals surface area contributed by atoms with E-state index < -0.39 is 12.0 Å². The summed E-state index contributed by atoms with van der Waals surface area (Å²) in [5.41, 5.74) is 2.83. The summed E-state index contributed by atoms with van der Waals surface area (Å²) < 4.78 is 18.8. The Hall–Kier alpha value is -4.66. The first-order chi connectivity index (χ1) is 20.9. The largest absolute Gasteiger partial charge is 0.496 e. The predicted octanol–water partition coefficient (Wildman–Crippen LogP) is 5.80. The molecule has 9 heteroatoms. The Labute approximate surface area is 256 Å². The van der Waals surface area contributed by atoms with E-state index in [2.05, 4.69) is 29.3 Å². The van der Waals surface area contributed by atoms with Gasteiger partial charge in [-0.25, -0.2) is 9.79 Å². The summed E-state index contributed by atoms with van der Waals surface area (Å²) in [4.78, 5) is 32.0. The van der Waals surface area contributed by atoms with Gasteiger partial charge in [-0.1, -0.05) is 77.5 Å². The summed E-state index contributed by atoms with van der Waals surface area (Å²) in [5, 5.41) is 2.75. The second-order valence-corrected chi connectivity index (χ2v) is 11.4. The molecule has 0 bridgehead atoms. The molecule has 0 saturated heterocycles. The molecule has 2 heterocycles. The Morgan fingerprint density at radius 2 is 1.81 bits per heavy atom. The fourth-order valence-electron chi connectivity index (χ4n) is 5.33. The van der Waals surface area contributed by atoms with Gasteiger partial charge in [0.2, 0.25) is 0 Å². The first-order valence-corrected chi connectivity index (χ1v) is 14.7. The Bertz CT molecular complexity index is 2090. The number of carbonyl (C=O) groups excluding carboxylic acids is 1. The average Bonchev–Trinajstić information content (AvgIpc) is 3.32. The van der Waals surface area contributed by atoms with Crippen molar-refractivity contribution >= 4 is 45.8 Å². The summed E-state index contributed by atoms with van der Waals surface area (Å²) in [6.45, 7) is 2.13. The van der Waals surface area contributed by atoms with Gasteiger partial charge in [0, 0.05) is 10.6 Å². The van der Waals surface area contributed by atoms with Gasteiger partial charge >= 0.3 is 5.97 Å². The number of thiazole rings is 1. The van der Waals surface area contributed by atoms with Crippen molar-refractivity contribution in [1.82, 2.24) is 4.57 Å². The van der Waals surface area contributed by atoms with Crippen molar-refractivity contribution in [3.05, 3.63) is 138 Å². The van der Waals surface area contributed by atoms with Gasteiger partial charge in [0.15, 0.2) is 4.80 Å². The smallest absolute Gasteiger partial charge is 0.338 e. The van der Waals surface area contributed by atoms with Crippen LogP contribution in [0.5, 0.6) is 11.5 Å². The third kappa shape index (κ3) is 5.47. The SMILES string of the molecule is COC(=O)C1=C(C)N=c2s/c(=C\c3cccc(OCc4cccc5ccccc45)c3)c(=O)n2[C@@H]1c1cc(Cl)ccc1OC. The second-order valence-electron chi connectivity index (χ2n) is 9.96. The number of carbonyl (C=O) groups is 1. The van der Waals surface area contributed by atoms with Gasteiger partial charge in [-0.3, -0.25) is 9.36 Å². The van der Waals surface area contributed by atoms with Gasteiger partial charge in [0.25, 0.3) is 5.56 Å². The lowest BCUT2D eigenvalue weighted by atomic mass is 9.95. The highest BCUT2D eigenvalue weighted by molar-refractivity contribution is 7.07. The lowest BCUT2D eigenvalue weighted by Crippen LogP contribution is -2.40. The summed E-state index contributed by atoms with van der Waals surface area (Å²) >= 11 is 7.61. The number of fused-ring (bicyclic) bond motifs is 2. The van der Waals surface area contributed by atoms with E-state index >= 15 is 0 Å². The maximum Gasteiger partial charge on any atom is 0.338 e. The zero-order chi connectivity index (χ0) is 30.1.